The van der Waals surface area contributed by atoms with E-state index in [0.29, 0.717) is 10.6 Å². The van der Waals surface area contributed by atoms with E-state index >= 15 is 0 Å². The van der Waals surface area contributed by atoms with E-state index in [4.69, 9.17) is 5.73 Å². The first-order chi connectivity index (χ1) is 8.18. The number of rotatable bonds is 3. The Hall–Kier alpha value is -1.40. The third kappa shape index (κ3) is 2.83. The number of primary amides is 1. The highest BCUT2D eigenvalue weighted by Gasteiger charge is 2.22. The summed E-state index contributed by atoms with van der Waals surface area (Å²) in [6.45, 7) is 0.866. The van der Waals surface area contributed by atoms with Crippen molar-refractivity contribution in [3.05, 3.63) is 17.0 Å². The van der Waals surface area contributed by atoms with Crippen molar-refractivity contribution >= 4 is 28.2 Å². The molecule has 1 aromatic rings. The Morgan fingerprint density at radius 2 is 2.29 bits per heavy atom. The van der Waals surface area contributed by atoms with Gasteiger partial charge in [0.05, 0.1) is 11.6 Å². The normalized spacial score (nSPS) is 19.9. The van der Waals surface area contributed by atoms with Crippen molar-refractivity contribution in [2.45, 2.75) is 25.3 Å². The molecule has 2 heterocycles. The van der Waals surface area contributed by atoms with Crippen LogP contribution in [0.5, 0.6) is 0 Å². The number of nitrogens with two attached hydrogens (primary N) is 1. The van der Waals surface area contributed by atoms with Crippen molar-refractivity contribution < 1.29 is 9.59 Å². The Morgan fingerprint density at radius 1 is 1.47 bits per heavy atom. The molecule has 92 valence electrons. The molecule has 1 aliphatic rings. The lowest BCUT2D eigenvalue weighted by molar-refractivity contribution is -0.118. The molecule has 0 aliphatic carbocycles. The molecule has 4 N–H and O–H groups in total. The number of anilines is 1. The van der Waals surface area contributed by atoms with Gasteiger partial charge >= 0.3 is 0 Å². The summed E-state index contributed by atoms with van der Waals surface area (Å²) in [7, 11) is 0. The average Bonchev–Trinajstić information content (AvgIpc) is 2.78. The lowest BCUT2D eigenvalue weighted by atomic mass is 10.0. The second-order valence-corrected chi connectivity index (χ2v) is 4.94. The van der Waals surface area contributed by atoms with Crippen molar-refractivity contribution in [3.8, 4) is 0 Å². The Kier molecular flexibility index (Phi) is 3.75. The second kappa shape index (κ2) is 5.29. The molecule has 0 saturated carbocycles. The van der Waals surface area contributed by atoms with Gasteiger partial charge in [-0.1, -0.05) is 6.42 Å². The van der Waals surface area contributed by atoms with Gasteiger partial charge in [0.15, 0.2) is 0 Å². The van der Waals surface area contributed by atoms with Crippen LogP contribution >= 0.6 is 11.3 Å². The summed E-state index contributed by atoms with van der Waals surface area (Å²) in [5, 5.41) is 8.19. The van der Waals surface area contributed by atoms with Gasteiger partial charge in [-0.25, -0.2) is 0 Å². The van der Waals surface area contributed by atoms with Crippen LogP contribution in [-0.4, -0.2) is 24.4 Å². The molecular formula is C11H15N3O2S. The number of hydrogen-bond acceptors (Lipinski definition) is 4. The maximum absolute atomic E-state index is 11.9. The minimum Gasteiger partial charge on any atom is -0.366 e. The van der Waals surface area contributed by atoms with E-state index in [1.54, 1.807) is 11.4 Å². The Bertz CT molecular complexity index is 424. The van der Waals surface area contributed by atoms with Gasteiger partial charge < -0.3 is 16.4 Å². The largest absolute Gasteiger partial charge is 0.366 e. The molecule has 1 aliphatic heterocycles. The van der Waals surface area contributed by atoms with Gasteiger partial charge in [-0.05, 0) is 30.8 Å². The van der Waals surface area contributed by atoms with Crippen LogP contribution in [-0.2, 0) is 4.79 Å². The summed E-state index contributed by atoms with van der Waals surface area (Å²) in [5.41, 5.74) is 5.59. The predicted molar refractivity (Wildman–Crippen MR) is 67.1 cm³/mol. The zero-order chi connectivity index (χ0) is 12.3. The quantitative estimate of drug-likeness (QED) is 0.749. The Labute approximate surface area is 103 Å². The van der Waals surface area contributed by atoms with Crippen LogP contribution < -0.4 is 16.4 Å². The number of carbonyl (C=O) groups is 2. The van der Waals surface area contributed by atoms with E-state index in [0.717, 1.165) is 25.8 Å². The highest BCUT2D eigenvalue weighted by Crippen LogP contribution is 2.23. The Balaban J connectivity index is 2.02. The molecule has 6 heteroatoms. The van der Waals surface area contributed by atoms with Crippen LogP contribution in [0.25, 0.3) is 0 Å². The summed E-state index contributed by atoms with van der Waals surface area (Å²) in [6, 6.07) is 1.46. The number of thiophene rings is 1. The highest BCUT2D eigenvalue weighted by atomic mass is 32.1. The summed E-state index contributed by atoms with van der Waals surface area (Å²) in [4.78, 5) is 23.0. The first-order valence-corrected chi connectivity index (χ1v) is 6.48. The van der Waals surface area contributed by atoms with E-state index < -0.39 is 5.91 Å². The molecule has 5 nitrogen and oxygen atoms in total. The molecule has 0 bridgehead atoms. The fourth-order valence-electron chi connectivity index (χ4n) is 1.87. The fraction of sp³-hybridized carbons (Fsp3) is 0.455. The molecule has 1 aromatic heterocycles. The van der Waals surface area contributed by atoms with Gasteiger partial charge in [0, 0.05) is 0 Å². The van der Waals surface area contributed by atoms with Crippen molar-refractivity contribution in [1.29, 1.82) is 0 Å². The highest BCUT2D eigenvalue weighted by molar-refractivity contribution is 7.14. The van der Waals surface area contributed by atoms with Gasteiger partial charge in [0.25, 0.3) is 5.91 Å². The van der Waals surface area contributed by atoms with Crippen LogP contribution in [0.3, 0.4) is 0 Å². The molecule has 0 aromatic carbocycles. The van der Waals surface area contributed by atoms with Crippen LogP contribution in [0, 0.1) is 0 Å². The minimum absolute atomic E-state index is 0.0883. The molecule has 2 rings (SSSR count). The molecule has 1 fully saturated rings. The maximum atomic E-state index is 11.9. The standard InChI is InChI=1S/C11H15N3O2S/c12-9(15)7-4-6-17-11(7)14-10(16)8-3-1-2-5-13-8/h4,6,8,13H,1-3,5H2,(H2,12,15)(H,14,16). The number of hydrogen-bond donors (Lipinski definition) is 3. The van der Waals surface area contributed by atoms with Crippen LogP contribution in [0.1, 0.15) is 29.6 Å². The van der Waals surface area contributed by atoms with E-state index in [1.807, 2.05) is 0 Å². The molecule has 0 radical (unpaired) electrons. The lowest BCUT2D eigenvalue weighted by Gasteiger charge is -2.22. The van der Waals surface area contributed by atoms with Crippen molar-refractivity contribution in [2.24, 2.45) is 5.73 Å². The Morgan fingerprint density at radius 3 is 2.94 bits per heavy atom. The van der Waals surface area contributed by atoms with Crippen molar-refractivity contribution in [1.82, 2.24) is 5.32 Å². The third-order valence-corrected chi connectivity index (χ3v) is 3.62. The van der Waals surface area contributed by atoms with E-state index in [1.165, 1.54) is 11.3 Å². The molecule has 17 heavy (non-hydrogen) atoms. The molecular weight excluding hydrogens is 238 g/mol. The van der Waals surface area contributed by atoms with E-state index in [2.05, 4.69) is 10.6 Å². The summed E-state index contributed by atoms with van der Waals surface area (Å²) < 4.78 is 0. The zero-order valence-corrected chi connectivity index (χ0v) is 10.2. The average molecular weight is 253 g/mol. The molecule has 1 unspecified atom stereocenters. The second-order valence-electron chi connectivity index (χ2n) is 4.02. The summed E-state index contributed by atoms with van der Waals surface area (Å²) in [5.74, 6) is -0.604. The van der Waals surface area contributed by atoms with Gasteiger partial charge in [0.2, 0.25) is 5.91 Å². The number of piperidine rings is 1. The van der Waals surface area contributed by atoms with Gasteiger partial charge in [-0.2, -0.15) is 0 Å². The smallest absolute Gasteiger partial charge is 0.251 e. The minimum atomic E-state index is -0.516. The SMILES string of the molecule is NC(=O)c1ccsc1NC(=O)C1CCCCN1. The van der Waals surface area contributed by atoms with Gasteiger partial charge in [-0.3, -0.25) is 9.59 Å². The van der Waals surface area contributed by atoms with Crippen LogP contribution in [0.2, 0.25) is 0 Å². The van der Waals surface area contributed by atoms with E-state index in [-0.39, 0.29) is 11.9 Å². The number of amides is 2. The number of nitrogens with one attached hydrogen (secondary N) is 2. The van der Waals surface area contributed by atoms with Crippen molar-refractivity contribution in [2.75, 3.05) is 11.9 Å². The maximum Gasteiger partial charge on any atom is 0.251 e. The first kappa shape index (κ1) is 12.1. The topological polar surface area (TPSA) is 84.2 Å². The molecule has 2 amide bonds. The zero-order valence-electron chi connectivity index (χ0n) is 9.36. The van der Waals surface area contributed by atoms with E-state index in [9.17, 15) is 9.59 Å². The fourth-order valence-corrected chi connectivity index (χ4v) is 2.67. The number of carbonyl (C=O) groups excluding carboxylic acids is 2. The molecule has 1 saturated heterocycles. The third-order valence-electron chi connectivity index (χ3n) is 2.79. The molecule has 0 spiro atoms. The molecule has 1 atom stereocenters. The summed E-state index contributed by atoms with van der Waals surface area (Å²) in [6.07, 6.45) is 3.00. The lowest BCUT2D eigenvalue weighted by Crippen LogP contribution is -2.43. The van der Waals surface area contributed by atoms with Gasteiger partial charge in [-0.15, -0.1) is 11.3 Å². The first-order valence-electron chi connectivity index (χ1n) is 5.60. The van der Waals surface area contributed by atoms with Crippen molar-refractivity contribution in [3.63, 3.8) is 0 Å². The van der Waals surface area contributed by atoms with Crippen LogP contribution in [0.4, 0.5) is 5.00 Å². The van der Waals surface area contributed by atoms with Crippen LogP contribution in [0.15, 0.2) is 11.4 Å². The predicted octanol–water partition coefficient (Wildman–Crippen LogP) is 0.928. The monoisotopic (exact) mass is 253 g/mol. The summed E-state index contributed by atoms with van der Waals surface area (Å²) >= 11 is 1.31. The van der Waals surface area contributed by atoms with Gasteiger partial charge in [0.1, 0.15) is 5.00 Å².